The Balaban J connectivity index is 1.18. The first kappa shape index (κ1) is 30.9. The number of rotatable bonds is 5. The molecule has 0 saturated carbocycles. The number of para-hydroxylation sites is 2. The van der Waals surface area contributed by atoms with Crippen molar-refractivity contribution in [2.24, 2.45) is 0 Å². The number of nitrogens with zero attached hydrogens (tertiary/aromatic N) is 2. The summed E-state index contributed by atoms with van der Waals surface area (Å²) in [5.41, 5.74) is 19.0. The highest BCUT2D eigenvalue weighted by Gasteiger charge is 2.39. The van der Waals surface area contributed by atoms with Crippen molar-refractivity contribution in [3.05, 3.63) is 216 Å². The van der Waals surface area contributed by atoms with E-state index in [9.17, 15) is 0 Å². The quantitative estimate of drug-likeness (QED) is 0.175. The zero-order chi connectivity index (χ0) is 36.0. The molecule has 2 nitrogen and oxygen atoms in total. The first-order valence-electron chi connectivity index (χ1n) is 19.0. The van der Waals surface area contributed by atoms with Crippen molar-refractivity contribution < 1.29 is 0 Å². The first-order chi connectivity index (χ1) is 26.6. The van der Waals surface area contributed by atoms with Gasteiger partial charge in [0, 0.05) is 39.2 Å². The van der Waals surface area contributed by atoms with E-state index in [0.717, 1.165) is 11.4 Å². The molecule has 8 aromatic carbocycles. The van der Waals surface area contributed by atoms with E-state index in [0.29, 0.717) is 0 Å². The van der Waals surface area contributed by atoms with Gasteiger partial charge in [-0.3, -0.25) is 0 Å². The first-order valence-corrected chi connectivity index (χ1v) is 19.0. The number of hydrogen-bond acceptors (Lipinski definition) is 1. The maximum atomic E-state index is 2.53. The van der Waals surface area contributed by atoms with Crippen molar-refractivity contribution in [2.45, 2.75) is 25.2 Å². The minimum atomic E-state index is -0.185. The van der Waals surface area contributed by atoms with Crippen LogP contribution in [0.4, 0.5) is 17.1 Å². The molecule has 0 spiro atoms. The molecule has 0 amide bonds. The molecule has 1 atom stereocenters. The standard InChI is InChI=1S/C52H38N2/c1-52(2)46-25-13-11-21-39(46)43-24-15-27-49(51(43)52)53(36-28-30-42-44(32-36)38-20-9-10-23-41(38)50(42)34-16-5-3-6-17-34)37-29-31-48-45(33-37)40-22-12-14-26-47(40)54(48)35-18-7-4-8-19-35/h3-33,50H,1-2H3. The molecule has 54 heavy (non-hydrogen) atoms. The molecule has 2 aliphatic carbocycles. The van der Waals surface area contributed by atoms with E-state index in [1.165, 1.54) is 83.3 Å². The van der Waals surface area contributed by atoms with Crippen molar-refractivity contribution in [1.82, 2.24) is 4.57 Å². The zero-order valence-corrected chi connectivity index (χ0v) is 30.4. The van der Waals surface area contributed by atoms with Gasteiger partial charge in [0.25, 0.3) is 0 Å². The molecule has 11 rings (SSSR count). The third-order valence-corrected chi connectivity index (χ3v) is 12.0. The van der Waals surface area contributed by atoms with Crippen molar-refractivity contribution in [1.29, 1.82) is 0 Å². The number of benzene rings is 8. The molecular formula is C52H38N2. The highest BCUT2D eigenvalue weighted by molar-refractivity contribution is 6.11. The van der Waals surface area contributed by atoms with E-state index in [2.05, 4.69) is 211 Å². The maximum absolute atomic E-state index is 2.53. The van der Waals surface area contributed by atoms with E-state index in [1.807, 2.05) is 0 Å². The third-order valence-electron chi connectivity index (χ3n) is 12.0. The molecule has 0 bridgehead atoms. The van der Waals surface area contributed by atoms with Crippen molar-refractivity contribution in [3.63, 3.8) is 0 Å². The second-order valence-electron chi connectivity index (χ2n) is 15.3. The van der Waals surface area contributed by atoms with Gasteiger partial charge in [-0.2, -0.15) is 0 Å². The van der Waals surface area contributed by atoms with Gasteiger partial charge in [-0.05, 0) is 105 Å². The summed E-state index contributed by atoms with van der Waals surface area (Å²) in [6.45, 7) is 4.78. The largest absolute Gasteiger partial charge is 0.310 e. The number of fused-ring (bicyclic) bond motifs is 9. The minimum absolute atomic E-state index is 0.185. The van der Waals surface area contributed by atoms with Gasteiger partial charge in [-0.15, -0.1) is 0 Å². The highest BCUT2D eigenvalue weighted by atomic mass is 15.1. The molecule has 0 N–H and O–H groups in total. The monoisotopic (exact) mass is 690 g/mol. The van der Waals surface area contributed by atoms with Crippen LogP contribution in [0.5, 0.6) is 0 Å². The lowest BCUT2D eigenvalue weighted by Crippen LogP contribution is -2.20. The summed E-state index contributed by atoms with van der Waals surface area (Å²) in [6.07, 6.45) is 0. The summed E-state index contributed by atoms with van der Waals surface area (Å²) in [6, 6.07) is 69.6. The van der Waals surface area contributed by atoms with Gasteiger partial charge in [-0.25, -0.2) is 0 Å². The molecule has 256 valence electrons. The fraction of sp³-hybridized carbons (Fsp3) is 0.0769. The summed E-state index contributed by atoms with van der Waals surface area (Å²) in [5, 5.41) is 2.49. The normalized spacial score (nSPS) is 14.8. The van der Waals surface area contributed by atoms with Gasteiger partial charge < -0.3 is 9.47 Å². The lowest BCUT2D eigenvalue weighted by Gasteiger charge is -2.32. The molecular weight excluding hydrogens is 653 g/mol. The predicted molar refractivity (Wildman–Crippen MR) is 226 cm³/mol. The van der Waals surface area contributed by atoms with E-state index in [-0.39, 0.29) is 11.3 Å². The Morgan fingerprint density at radius 3 is 1.94 bits per heavy atom. The van der Waals surface area contributed by atoms with Crippen LogP contribution < -0.4 is 4.90 Å². The van der Waals surface area contributed by atoms with Gasteiger partial charge >= 0.3 is 0 Å². The van der Waals surface area contributed by atoms with Crippen LogP contribution in [0.15, 0.2) is 188 Å². The van der Waals surface area contributed by atoms with Crippen LogP contribution in [0.25, 0.3) is 49.7 Å². The third kappa shape index (κ3) is 4.40. The molecule has 9 aromatic rings. The van der Waals surface area contributed by atoms with Crippen LogP contribution in [0.3, 0.4) is 0 Å². The fourth-order valence-electron chi connectivity index (χ4n) is 9.72. The number of aromatic nitrogens is 1. The zero-order valence-electron chi connectivity index (χ0n) is 30.4. The number of anilines is 3. The van der Waals surface area contributed by atoms with Crippen LogP contribution in [0.2, 0.25) is 0 Å². The molecule has 0 aliphatic heterocycles. The Kier molecular flexibility index (Phi) is 6.69. The van der Waals surface area contributed by atoms with Crippen molar-refractivity contribution >= 4 is 38.9 Å². The van der Waals surface area contributed by atoms with Gasteiger partial charge in [-0.1, -0.05) is 147 Å². The predicted octanol–water partition coefficient (Wildman–Crippen LogP) is 13.7. The lowest BCUT2D eigenvalue weighted by atomic mass is 9.81. The summed E-state index contributed by atoms with van der Waals surface area (Å²) in [5.74, 6) is 0.203. The van der Waals surface area contributed by atoms with Crippen molar-refractivity contribution in [2.75, 3.05) is 4.90 Å². The lowest BCUT2D eigenvalue weighted by molar-refractivity contribution is 0.661. The van der Waals surface area contributed by atoms with Gasteiger partial charge in [0.1, 0.15) is 0 Å². The second-order valence-corrected chi connectivity index (χ2v) is 15.3. The molecule has 0 radical (unpaired) electrons. The average molecular weight is 691 g/mol. The maximum Gasteiger partial charge on any atom is 0.0542 e. The molecule has 2 heteroatoms. The Bertz CT molecular complexity index is 2910. The van der Waals surface area contributed by atoms with Gasteiger partial charge in [0.2, 0.25) is 0 Å². The Morgan fingerprint density at radius 1 is 0.463 bits per heavy atom. The second kappa shape index (κ2) is 11.7. The van der Waals surface area contributed by atoms with Gasteiger partial charge in [0.05, 0.1) is 16.7 Å². The fourth-order valence-corrected chi connectivity index (χ4v) is 9.72. The minimum Gasteiger partial charge on any atom is -0.310 e. The van der Waals surface area contributed by atoms with E-state index >= 15 is 0 Å². The van der Waals surface area contributed by atoms with Crippen LogP contribution in [0.1, 0.15) is 47.6 Å². The van der Waals surface area contributed by atoms with Crippen molar-refractivity contribution in [3.8, 4) is 27.9 Å². The molecule has 0 saturated heterocycles. The smallest absolute Gasteiger partial charge is 0.0542 e. The van der Waals surface area contributed by atoms with E-state index in [4.69, 9.17) is 0 Å². The molecule has 1 heterocycles. The Hall–Kier alpha value is -6.64. The molecule has 2 aliphatic rings. The number of hydrogen-bond donors (Lipinski definition) is 0. The van der Waals surface area contributed by atoms with E-state index < -0.39 is 0 Å². The summed E-state index contributed by atoms with van der Waals surface area (Å²) in [7, 11) is 0. The van der Waals surface area contributed by atoms with Crippen LogP contribution in [0, 0.1) is 0 Å². The Labute approximate surface area is 316 Å². The molecule has 1 aromatic heterocycles. The van der Waals surface area contributed by atoms with Crippen LogP contribution >= 0.6 is 0 Å². The topological polar surface area (TPSA) is 8.17 Å². The summed E-state index contributed by atoms with van der Waals surface area (Å²) in [4.78, 5) is 2.53. The molecule has 1 unspecified atom stereocenters. The Morgan fingerprint density at radius 2 is 1.09 bits per heavy atom. The van der Waals surface area contributed by atoms with Gasteiger partial charge in [0.15, 0.2) is 0 Å². The summed E-state index contributed by atoms with van der Waals surface area (Å²) < 4.78 is 2.40. The summed E-state index contributed by atoms with van der Waals surface area (Å²) >= 11 is 0. The van der Waals surface area contributed by atoms with E-state index in [1.54, 1.807) is 0 Å². The average Bonchev–Trinajstić information content (AvgIpc) is 3.82. The highest BCUT2D eigenvalue weighted by Crippen LogP contribution is 2.56. The van der Waals surface area contributed by atoms with Crippen LogP contribution in [-0.2, 0) is 5.41 Å². The molecule has 0 fully saturated rings. The van der Waals surface area contributed by atoms with Crippen LogP contribution in [-0.4, -0.2) is 4.57 Å². The SMILES string of the molecule is CC1(C)c2ccccc2-c2cccc(N(c3ccc4c(c3)-c3ccccc3C4c3ccccc3)c3ccc4c(c3)c3ccccc3n4-c3ccccc3)c21.